The van der Waals surface area contributed by atoms with Crippen LogP contribution in [0.5, 0.6) is 0 Å². The molecule has 0 unspecified atom stereocenters. The summed E-state index contributed by atoms with van der Waals surface area (Å²) in [7, 11) is -2.13. The second kappa shape index (κ2) is 24.8. The molecule has 0 aromatic heterocycles. The van der Waals surface area contributed by atoms with E-state index in [4.69, 9.17) is 17.2 Å². The van der Waals surface area contributed by atoms with Crippen LogP contribution < -0.4 is 43.8 Å². The van der Waals surface area contributed by atoms with Gasteiger partial charge in [0.15, 0.2) is 5.96 Å². The van der Waals surface area contributed by atoms with E-state index >= 15 is 0 Å². The van der Waals surface area contributed by atoms with E-state index in [-0.39, 0.29) is 50.5 Å². The highest BCUT2D eigenvalue weighted by molar-refractivity contribution is 7.90. The molecule has 20 heteroatoms. The normalized spacial score (nSPS) is 13.6. The third kappa shape index (κ3) is 19.6. The van der Waals surface area contributed by atoms with Crippen LogP contribution in [0.1, 0.15) is 57.6 Å². The number of likely N-dealkylation sites (N-methyl/N-ethyl adjacent to an activating group) is 1. The van der Waals surface area contributed by atoms with Crippen LogP contribution in [0.15, 0.2) is 65.7 Å². The minimum atomic E-state index is -3.48. The van der Waals surface area contributed by atoms with Crippen LogP contribution in [0.4, 0.5) is 0 Å². The van der Waals surface area contributed by atoms with E-state index in [1.165, 1.54) is 14.0 Å². The van der Waals surface area contributed by atoms with Crippen LogP contribution in [0.3, 0.4) is 0 Å². The SMILES string of the molecule is CC(=O)N[C@H](CCCN=C(N)N)C(=O)N[C@H](Cc1ccccc1)C(=O)N[C@H](Cc1ccccc1)C(=O)N(C)CC(=O)N[C@@H](CC(C)C)C(=O)N[C@@H](CCS(C)(=O)=O)C(N)=O. The molecule has 0 aliphatic heterocycles. The number of nitrogens with two attached hydrogens (primary N) is 3. The van der Waals surface area contributed by atoms with Crippen molar-refractivity contribution in [1.29, 1.82) is 0 Å². The van der Waals surface area contributed by atoms with E-state index in [0.717, 1.165) is 11.2 Å². The number of primary amides is 1. The maximum atomic E-state index is 14.2. The highest BCUT2D eigenvalue weighted by Crippen LogP contribution is 2.11. The Bertz CT molecular complexity index is 1910. The van der Waals surface area contributed by atoms with Gasteiger partial charge in [-0.3, -0.25) is 38.6 Å². The summed E-state index contributed by atoms with van der Waals surface area (Å²) in [6.07, 6.45) is 1.36. The van der Waals surface area contributed by atoms with Crippen molar-refractivity contribution < 1.29 is 42.0 Å². The first kappa shape index (κ1) is 50.1. The Morgan fingerprint density at radius 2 is 1.18 bits per heavy atom. The van der Waals surface area contributed by atoms with Crippen LogP contribution in [-0.4, -0.2) is 123 Å². The molecule has 2 aromatic rings. The lowest BCUT2D eigenvalue weighted by atomic mass is 10.0. The zero-order valence-electron chi connectivity index (χ0n) is 34.8. The fourth-order valence-electron chi connectivity index (χ4n) is 6.06. The van der Waals surface area contributed by atoms with Gasteiger partial charge >= 0.3 is 0 Å². The van der Waals surface area contributed by atoms with Crippen molar-refractivity contribution in [2.24, 2.45) is 28.1 Å². The number of nitrogens with one attached hydrogen (secondary N) is 5. The van der Waals surface area contributed by atoms with Crippen molar-refractivity contribution in [2.75, 3.05) is 32.1 Å². The molecule has 0 bridgehead atoms. The smallest absolute Gasteiger partial charge is 0.245 e. The molecule has 0 aliphatic carbocycles. The van der Waals surface area contributed by atoms with E-state index in [2.05, 4.69) is 31.6 Å². The quantitative estimate of drug-likeness (QED) is 0.0319. The first-order valence-electron chi connectivity index (χ1n) is 19.5. The number of hydrogen-bond donors (Lipinski definition) is 8. The number of guanidine groups is 1. The number of hydrogen-bond acceptors (Lipinski definition) is 10. The molecule has 0 radical (unpaired) electrons. The zero-order chi connectivity index (χ0) is 45.0. The van der Waals surface area contributed by atoms with Crippen molar-refractivity contribution in [3.63, 3.8) is 0 Å². The van der Waals surface area contributed by atoms with Gasteiger partial charge in [0.1, 0.15) is 40.0 Å². The number of carbonyl (C=O) groups excluding carboxylic acids is 7. The number of benzene rings is 2. The molecule has 0 saturated carbocycles. The molecular formula is C40H60N10O9S. The van der Waals surface area contributed by atoms with Gasteiger partial charge in [0, 0.05) is 39.6 Å². The summed E-state index contributed by atoms with van der Waals surface area (Å²) < 4.78 is 23.4. The molecular weight excluding hydrogens is 797 g/mol. The molecule has 11 N–H and O–H groups in total. The first-order chi connectivity index (χ1) is 28.1. The Morgan fingerprint density at radius 1 is 0.683 bits per heavy atom. The Kier molecular flexibility index (Phi) is 20.7. The van der Waals surface area contributed by atoms with Crippen molar-refractivity contribution in [3.05, 3.63) is 71.8 Å². The van der Waals surface area contributed by atoms with E-state index in [1.54, 1.807) is 74.5 Å². The van der Waals surface area contributed by atoms with E-state index < -0.39 is 93.7 Å². The summed E-state index contributed by atoms with van der Waals surface area (Å²) >= 11 is 0. The van der Waals surface area contributed by atoms with Crippen LogP contribution in [0.25, 0.3) is 0 Å². The van der Waals surface area contributed by atoms with Gasteiger partial charge in [-0.05, 0) is 42.7 Å². The van der Waals surface area contributed by atoms with E-state index in [0.29, 0.717) is 17.5 Å². The summed E-state index contributed by atoms with van der Waals surface area (Å²) in [6, 6.07) is 11.7. The van der Waals surface area contributed by atoms with E-state index in [9.17, 15) is 42.0 Å². The summed E-state index contributed by atoms with van der Waals surface area (Å²) in [6.45, 7) is 4.51. The number of rotatable bonds is 25. The summed E-state index contributed by atoms with van der Waals surface area (Å²) in [5.41, 5.74) is 17.6. The van der Waals surface area contributed by atoms with Crippen LogP contribution in [0, 0.1) is 5.92 Å². The number of carbonyl (C=O) groups is 7. The maximum absolute atomic E-state index is 14.2. The van der Waals surface area contributed by atoms with Crippen molar-refractivity contribution in [1.82, 2.24) is 31.5 Å². The Balaban J connectivity index is 2.34. The second-order valence-corrected chi connectivity index (χ2v) is 17.3. The van der Waals surface area contributed by atoms with Gasteiger partial charge in [-0.1, -0.05) is 74.5 Å². The Morgan fingerprint density at radius 3 is 1.68 bits per heavy atom. The average Bonchev–Trinajstić information content (AvgIpc) is 3.16. The molecule has 2 aromatic carbocycles. The molecule has 7 amide bonds. The van der Waals surface area contributed by atoms with Gasteiger partial charge < -0.3 is 48.7 Å². The lowest BCUT2D eigenvalue weighted by Crippen LogP contribution is -2.58. The molecule has 0 saturated heterocycles. The van der Waals surface area contributed by atoms with Gasteiger partial charge in [-0.2, -0.15) is 0 Å². The van der Waals surface area contributed by atoms with E-state index in [1.807, 2.05) is 0 Å². The monoisotopic (exact) mass is 856 g/mol. The van der Waals surface area contributed by atoms with Gasteiger partial charge in [0.25, 0.3) is 0 Å². The Labute approximate surface area is 351 Å². The minimum absolute atomic E-state index is 0.00303. The minimum Gasteiger partial charge on any atom is -0.370 e. The molecule has 0 heterocycles. The number of nitrogens with zero attached hydrogens (tertiary/aromatic N) is 2. The number of aliphatic imine (C=N–C) groups is 1. The molecule has 0 fully saturated rings. The topological polar surface area (TPSA) is 307 Å². The fraction of sp³-hybridized carbons (Fsp3) is 0.500. The highest BCUT2D eigenvalue weighted by atomic mass is 32.2. The van der Waals surface area contributed by atoms with Gasteiger partial charge in [-0.15, -0.1) is 0 Å². The van der Waals surface area contributed by atoms with Crippen molar-refractivity contribution in [2.45, 2.75) is 89.5 Å². The fourth-order valence-corrected chi connectivity index (χ4v) is 6.73. The number of amides is 7. The molecule has 60 heavy (non-hydrogen) atoms. The van der Waals surface area contributed by atoms with Gasteiger partial charge in [0.05, 0.1) is 12.3 Å². The summed E-state index contributed by atoms with van der Waals surface area (Å²) in [5, 5.41) is 13.1. The standard InChI is InChI=1S/C40H60N10O9S/c1-25(2)21-31(37(55)47-29(35(41)53)18-20-60(5,58)59)46-34(52)24-50(4)39(57)33(23-28-15-10-7-11-16-28)49-38(56)32(22-27-13-8-6-9-14-27)48-36(54)30(45-26(3)51)17-12-19-44-40(42)43/h6-11,13-16,25,29-33H,12,17-24H2,1-5H3,(H2,41,53)(H,45,51)(H,46,52)(H,47,55)(H,48,54)(H,49,56)(H4,42,43,44)/t29-,30+,31-,32+,33+/m0/s1. The molecule has 2 rings (SSSR count). The third-order valence-corrected chi connectivity index (χ3v) is 9.98. The third-order valence-electron chi connectivity index (χ3n) is 9.01. The average molecular weight is 857 g/mol. The summed E-state index contributed by atoms with van der Waals surface area (Å²) in [5.74, 6) is -5.60. The second-order valence-electron chi connectivity index (χ2n) is 15.0. The molecule has 0 spiro atoms. The molecule has 5 atom stereocenters. The van der Waals surface area contributed by atoms with Crippen LogP contribution in [0.2, 0.25) is 0 Å². The maximum Gasteiger partial charge on any atom is 0.245 e. The summed E-state index contributed by atoms with van der Waals surface area (Å²) in [4.78, 5) is 97.6. The van der Waals surface area contributed by atoms with Crippen LogP contribution >= 0.6 is 0 Å². The number of sulfone groups is 1. The largest absolute Gasteiger partial charge is 0.370 e. The highest BCUT2D eigenvalue weighted by Gasteiger charge is 2.32. The molecule has 19 nitrogen and oxygen atoms in total. The predicted octanol–water partition coefficient (Wildman–Crippen LogP) is -1.61. The molecule has 330 valence electrons. The van der Waals surface area contributed by atoms with Crippen molar-refractivity contribution >= 4 is 57.1 Å². The molecule has 0 aliphatic rings. The Hall–Kier alpha value is -6.05. The lowest BCUT2D eigenvalue weighted by Gasteiger charge is -2.28. The predicted molar refractivity (Wildman–Crippen MR) is 226 cm³/mol. The first-order valence-corrected chi connectivity index (χ1v) is 21.5. The zero-order valence-corrected chi connectivity index (χ0v) is 35.6. The van der Waals surface area contributed by atoms with Gasteiger partial charge in [-0.25, -0.2) is 8.42 Å². The lowest BCUT2D eigenvalue weighted by molar-refractivity contribution is -0.139. The van der Waals surface area contributed by atoms with Crippen molar-refractivity contribution in [3.8, 4) is 0 Å². The van der Waals surface area contributed by atoms with Gasteiger partial charge in [0.2, 0.25) is 41.4 Å². The van der Waals surface area contributed by atoms with Crippen LogP contribution in [-0.2, 0) is 56.2 Å².